The number of carbonyl (C=O) groups excluding carboxylic acids is 2. The van der Waals surface area contributed by atoms with Crippen LogP contribution in [0.25, 0.3) is 0 Å². The lowest BCUT2D eigenvalue weighted by Crippen LogP contribution is -2.52. The van der Waals surface area contributed by atoms with Crippen molar-refractivity contribution < 1.29 is 31.5 Å². The van der Waals surface area contributed by atoms with Crippen LogP contribution in [0.4, 0.5) is 22.0 Å². The van der Waals surface area contributed by atoms with E-state index in [1.54, 1.807) is 0 Å². The zero-order valence-electron chi connectivity index (χ0n) is 10.3. The van der Waals surface area contributed by atoms with Crippen molar-refractivity contribution in [1.82, 2.24) is 5.32 Å². The Morgan fingerprint density at radius 1 is 1.33 bits per heavy atom. The molecule has 9 heteroatoms. The lowest BCUT2D eigenvalue weighted by Gasteiger charge is -2.31. The van der Waals surface area contributed by atoms with Crippen molar-refractivity contribution in [3.8, 4) is 0 Å². The van der Waals surface area contributed by atoms with Gasteiger partial charge in [-0.05, 0) is 18.2 Å². The molecule has 1 amide bonds. The zero-order valence-corrected chi connectivity index (χ0v) is 11.9. The third-order valence-corrected chi connectivity index (χ3v) is 3.21. The molecule has 0 radical (unpaired) electrons. The molecule has 1 aromatic carbocycles. The molecule has 0 saturated heterocycles. The van der Waals surface area contributed by atoms with Gasteiger partial charge in [0.2, 0.25) is 0 Å². The van der Waals surface area contributed by atoms with Crippen LogP contribution in [0, 0.1) is 5.82 Å². The van der Waals surface area contributed by atoms with Crippen LogP contribution < -0.4 is 5.32 Å². The lowest BCUT2D eigenvalue weighted by molar-refractivity contribution is -0.176. The van der Waals surface area contributed by atoms with Gasteiger partial charge in [-0.25, -0.2) is 8.78 Å². The third kappa shape index (κ3) is 3.99. The summed E-state index contributed by atoms with van der Waals surface area (Å²) in [5.41, 5.74) is -2.97. The zero-order chi connectivity index (χ0) is 16.3. The monoisotopic (exact) mass is 373 g/mol. The first-order valence-electron chi connectivity index (χ1n) is 5.51. The molecule has 0 unspecified atom stereocenters. The van der Waals surface area contributed by atoms with Gasteiger partial charge in [-0.15, -0.1) is 0 Å². The van der Waals surface area contributed by atoms with Crippen LogP contribution in [0.1, 0.15) is 12.0 Å². The highest BCUT2D eigenvalue weighted by atomic mass is 79.9. The molecule has 0 aliphatic carbocycles. The van der Waals surface area contributed by atoms with Crippen LogP contribution in [-0.2, 0) is 15.1 Å². The molecule has 0 bridgehead atoms. The minimum absolute atomic E-state index is 0.108. The second-order valence-corrected chi connectivity index (χ2v) is 5.08. The summed E-state index contributed by atoms with van der Waals surface area (Å²) < 4.78 is 64.3. The Bertz CT molecular complexity index is 549. The Balaban J connectivity index is 3.35. The largest absolute Gasteiger partial charge is 0.471 e. The van der Waals surface area contributed by atoms with Crippen molar-refractivity contribution >= 4 is 28.1 Å². The average Bonchev–Trinajstić information content (AvgIpc) is 2.39. The maximum atomic E-state index is 13.8. The second-order valence-electron chi connectivity index (χ2n) is 4.16. The number of halogens is 6. The molecule has 0 aliphatic heterocycles. The summed E-state index contributed by atoms with van der Waals surface area (Å²) in [4.78, 5) is 21.7. The van der Waals surface area contributed by atoms with Crippen molar-refractivity contribution in [2.24, 2.45) is 0 Å². The van der Waals surface area contributed by atoms with E-state index in [0.717, 1.165) is 12.1 Å². The van der Waals surface area contributed by atoms with Crippen molar-refractivity contribution in [3.05, 3.63) is 34.1 Å². The van der Waals surface area contributed by atoms with E-state index in [1.807, 2.05) is 0 Å². The molecule has 116 valence electrons. The number of alkyl halides is 4. The van der Waals surface area contributed by atoms with Gasteiger partial charge in [-0.1, -0.05) is 15.9 Å². The number of hydrogen-bond donors (Lipinski definition) is 1. The Morgan fingerprint density at radius 3 is 2.43 bits per heavy atom. The number of nitrogens with one attached hydrogen (secondary N) is 1. The Kier molecular flexibility index (Phi) is 5.43. The van der Waals surface area contributed by atoms with E-state index in [1.165, 1.54) is 11.4 Å². The van der Waals surface area contributed by atoms with Crippen LogP contribution >= 0.6 is 15.9 Å². The van der Waals surface area contributed by atoms with Crippen molar-refractivity contribution in [2.45, 2.75) is 18.1 Å². The normalized spacial score (nSPS) is 14.4. The molecule has 0 spiro atoms. The number of benzene rings is 1. The van der Waals surface area contributed by atoms with E-state index < -0.39 is 42.1 Å². The summed E-state index contributed by atoms with van der Waals surface area (Å²) in [5.74, 6) is -3.50. The molecule has 0 heterocycles. The molecule has 1 N–H and O–H groups in total. The molecule has 21 heavy (non-hydrogen) atoms. The number of hydrogen-bond acceptors (Lipinski definition) is 2. The lowest BCUT2D eigenvalue weighted by atomic mass is 9.87. The van der Waals surface area contributed by atoms with Crippen molar-refractivity contribution in [1.29, 1.82) is 0 Å². The fraction of sp³-hybridized carbons (Fsp3) is 0.333. The Hall–Kier alpha value is -1.51. The molecule has 1 atom stereocenters. The summed E-state index contributed by atoms with van der Waals surface area (Å²) in [6.45, 7) is -1.58. The minimum Gasteiger partial charge on any atom is -0.336 e. The molecule has 0 aromatic heterocycles. The van der Waals surface area contributed by atoms with Gasteiger partial charge in [0.15, 0.2) is 0 Å². The maximum Gasteiger partial charge on any atom is 0.471 e. The minimum atomic E-state index is -5.29. The quantitative estimate of drug-likeness (QED) is 0.636. The summed E-state index contributed by atoms with van der Waals surface area (Å²) in [5, 5.41) is 1.37. The predicted octanol–water partition coefficient (Wildman–Crippen LogP) is 3.02. The van der Waals surface area contributed by atoms with Gasteiger partial charge in [0.1, 0.15) is 24.3 Å². The number of carbonyl (C=O) groups is 2. The highest BCUT2D eigenvalue weighted by Gasteiger charge is 2.45. The molecular weight excluding hydrogens is 365 g/mol. The van der Waals surface area contributed by atoms with Gasteiger partial charge in [-0.3, -0.25) is 4.79 Å². The van der Waals surface area contributed by atoms with Gasteiger partial charge in [0.05, 0.1) is 0 Å². The molecule has 1 aromatic rings. The fourth-order valence-corrected chi connectivity index (χ4v) is 2.04. The van der Waals surface area contributed by atoms with E-state index in [-0.39, 0.29) is 10.8 Å². The maximum absolute atomic E-state index is 13.8. The summed E-state index contributed by atoms with van der Waals surface area (Å²) in [6.07, 6.45) is -6.03. The second kappa shape index (κ2) is 6.50. The summed E-state index contributed by atoms with van der Waals surface area (Å²) >= 11 is 2.96. The van der Waals surface area contributed by atoms with Gasteiger partial charge in [0.25, 0.3) is 0 Å². The topological polar surface area (TPSA) is 46.2 Å². The molecule has 0 saturated carbocycles. The van der Waals surface area contributed by atoms with E-state index in [2.05, 4.69) is 15.9 Å². The highest BCUT2D eigenvalue weighted by Crippen LogP contribution is 2.31. The molecule has 0 aliphatic rings. The van der Waals surface area contributed by atoms with Gasteiger partial charge in [-0.2, -0.15) is 13.2 Å². The van der Waals surface area contributed by atoms with Crippen molar-refractivity contribution in [3.63, 3.8) is 0 Å². The predicted molar refractivity (Wildman–Crippen MR) is 66.6 cm³/mol. The fourth-order valence-electron chi connectivity index (χ4n) is 1.68. The number of aldehydes is 1. The molecule has 1 rings (SSSR count). The first-order chi connectivity index (χ1) is 9.66. The van der Waals surface area contributed by atoms with Gasteiger partial charge >= 0.3 is 12.1 Å². The SMILES string of the molecule is O=CC[C@](CF)(NC(=O)C(F)(F)F)c1cc(Br)ccc1F. The molecule has 0 fully saturated rings. The van der Waals surface area contributed by atoms with Crippen LogP contribution in [0.2, 0.25) is 0 Å². The van der Waals surface area contributed by atoms with E-state index in [0.29, 0.717) is 0 Å². The van der Waals surface area contributed by atoms with Crippen LogP contribution in [0.3, 0.4) is 0 Å². The third-order valence-electron chi connectivity index (χ3n) is 2.71. The number of amides is 1. The molecular formula is C12H9BrF5NO2. The van der Waals surface area contributed by atoms with E-state index in [9.17, 15) is 31.5 Å². The van der Waals surface area contributed by atoms with Crippen molar-refractivity contribution in [2.75, 3.05) is 6.67 Å². The smallest absolute Gasteiger partial charge is 0.336 e. The molecule has 3 nitrogen and oxygen atoms in total. The summed E-state index contributed by atoms with van der Waals surface area (Å²) in [6, 6.07) is 3.14. The first-order valence-corrected chi connectivity index (χ1v) is 6.30. The van der Waals surface area contributed by atoms with Crippen LogP contribution in [0.15, 0.2) is 22.7 Å². The Morgan fingerprint density at radius 2 is 1.95 bits per heavy atom. The van der Waals surface area contributed by atoms with E-state index in [4.69, 9.17) is 0 Å². The Labute approximate surface area is 124 Å². The van der Waals surface area contributed by atoms with Gasteiger partial charge in [0, 0.05) is 16.5 Å². The number of rotatable bonds is 5. The van der Waals surface area contributed by atoms with Crippen LogP contribution in [0.5, 0.6) is 0 Å². The summed E-state index contributed by atoms with van der Waals surface area (Å²) in [7, 11) is 0. The highest BCUT2D eigenvalue weighted by molar-refractivity contribution is 9.10. The standard InChI is InChI=1S/C12H9BrF5NO2/c13-7-1-2-9(15)8(5-7)11(6-14,3-4-20)19-10(21)12(16,17)18/h1-2,4-5H,3,6H2,(H,19,21)/t11-/m1/s1. The first kappa shape index (κ1) is 17.5. The van der Waals surface area contributed by atoms with Gasteiger partial charge < -0.3 is 10.1 Å². The average molecular weight is 374 g/mol. The van der Waals surface area contributed by atoms with Crippen LogP contribution in [-0.4, -0.2) is 25.0 Å². The van der Waals surface area contributed by atoms with E-state index >= 15 is 0 Å².